The molecule has 0 saturated carbocycles. The van der Waals surface area contributed by atoms with E-state index in [-0.39, 0.29) is 18.7 Å². The van der Waals surface area contributed by atoms with Crippen molar-refractivity contribution in [3.63, 3.8) is 0 Å². The first-order valence-corrected chi connectivity index (χ1v) is 8.70. The van der Waals surface area contributed by atoms with Crippen LogP contribution in [0.25, 0.3) is 0 Å². The van der Waals surface area contributed by atoms with E-state index in [1.807, 2.05) is 6.92 Å². The number of carbonyl (C=O) groups is 1. The maximum atomic E-state index is 13.1. The van der Waals surface area contributed by atoms with E-state index in [0.29, 0.717) is 18.1 Å². The topological polar surface area (TPSA) is 50.8 Å². The molecule has 0 bridgehead atoms. The summed E-state index contributed by atoms with van der Waals surface area (Å²) in [6, 6.07) is 10.0. The Morgan fingerprint density at radius 3 is 2.50 bits per heavy atom. The second kappa shape index (κ2) is 9.34. The summed E-state index contributed by atoms with van der Waals surface area (Å²) >= 11 is 0. The van der Waals surface area contributed by atoms with Crippen molar-refractivity contribution in [3.05, 3.63) is 59.2 Å². The van der Waals surface area contributed by atoms with Gasteiger partial charge < -0.3 is 19.7 Å². The fourth-order valence-electron chi connectivity index (χ4n) is 2.67. The maximum absolute atomic E-state index is 13.1. The molecule has 0 aromatic heterocycles. The monoisotopic (exact) mass is 396 g/mol. The first kappa shape index (κ1) is 21.4. The Morgan fingerprint density at radius 1 is 1.14 bits per heavy atom. The van der Waals surface area contributed by atoms with Gasteiger partial charge in [0.25, 0.3) is 0 Å². The zero-order valence-electron chi connectivity index (χ0n) is 16.0. The van der Waals surface area contributed by atoms with Gasteiger partial charge in [-0.25, -0.2) is 4.79 Å². The van der Waals surface area contributed by atoms with Gasteiger partial charge in [0.05, 0.1) is 19.3 Å². The highest BCUT2D eigenvalue weighted by Gasteiger charge is 2.33. The number of carbonyl (C=O) groups excluding carboxylic acids is 1. The molecule has 0 aliphatic carbocycles. The van der Waals surface area contributed by atoms with E-state index in [4.69, 9.17) is 9.47 Å². The van der Waals surface area contributed by atoms with Crippen molar-refractivity contribution in [3.8, 4) is 11.5 Å². The van der Waals surface area contributed by atoms with Crippen molar-refractivity contribution in [2.75, 3.05) is 20.8 Å². The van der Waals surface area contributed by atoms with Gasteiger partial charge in [-0.1, -0.05) is 24.3 Å². The maximum Gasteiger partial charge on any atom is 0.416 e. The van der Waals surface area contributed by atoms with Crippen LogP contribution in [0.2, 0.25) is 0 Å². The first-order valence-electron chi connectivity index (χ1n) is 8.70. The number of benzene rings is 2. The molecule has 8 heteroatoms. The Morgan fingerprint density at radius 2 is 1.86 bits per heavy atom. The number of nitrogens with zero attached hydrogens (tertiary/aromatic N) is 1. The molecule has 2 rings (SSSR count). The van der Waals surface area contributed by atoms with Crippen LogP contribution >= 0.6 is 0 Å². The summed E-state index contributed by atoms with van der Waals surface area (Å²) in [5, 5.41) is 2.69. The van der Waals surface area contributed by atoms with Gasteiger partial charge in [-0.2, -0.15) is 13.2 Å². The third-order valence-corrected chi connectivity index (χ3v) is 4.05. The van der Waals surface area contributed by atoms with Crippen molar-refractivity contribution < 1.29 is 27.4 Å². The Bertz CT molecular complexity index is 810. The highest BCUT2D eigenvalue weighted by molar-refractivity contribution is 5.74. The number of urea groups is 1. The van der Waals surface area contributed by atoms with E-state index in [2.05, 4.69) is 5.32 Å². The molecule has 2 aromatic carbocycles. The molecule has 2 amide bonds. The van der Waals surface area contributed by atoms with Crippen LogP contribution in [0.5, 0.6) is 11.5 Å². The summed E-state index contributed by atoms with van der Waals surface area (Å²) in [7, 11) is 2.97. The Kier molecular flexibility index (Phi) is 7.14. The molecule has 0 aliphatic heterocycles. The minimum Gasteiger partial charge on any atom is -0.493 e. The highest BCUT2D eigenvalue weighted by Crippen LogP contribution is 2.32. The molecule has 152 valence electrons. The number of rotatable bonds is 7. The second-order valence-electron chi connectivity index (χ2n) is 6.09. The molecule has 0 atom stereocenters. The van der Waals surface area contributed by atoms with E-state index in [0.717, 1.165) is 11.6 Å². The lowest BCUT2D eigenvalue weighted by Crippen LogP contribution is -2.36. The molecule has 0 heterocycles. The molecule has 0 fully saturated rings. The van der Waals surface area contributed by atoms with Crippen LogP contribution < -0.4 is 14.8 Å². The van der Waals surface area contributed by atoms with Gasteiger partial charge in [-0.3, -0.25) is 0 Å². The smallest absolute Gasteiger partial charge is 0.416 e. The molecule has 0 radical (unpaired) electrons. The van der Waals surface area contributed by atoms with Crippen molar-refractivity contribution in [2.45, 2.75) is 26.2 Å². The van der Waals surface area contributed by atoms with Gasteiger partial charge in [0.1, 0.15) is 0 Å². The number of nitrogens with one attached hydrogen (secondary N) is 1. The fourth-order valence-corrected chi connectivity index (χ4v) is 2.67. The molecular formula is C20H23F3N2O3. The third kappa shape index (κ3) is 5.55. The van der Waals surface area contributed by atoms with E-state index < -0.39 is 17.8 Å². The quantitative estimate of drug-likeness (QED) is 0.752. The first-order chi connectivity index (χ1) is 13.3. The summed E-state index contributed by atoms with van der Waals surface area (Å²) in [5.74, 6) is 1.14. The molecule has 0 aliphatic rings. The van der Waals surface area contributed by atoms with Crippen LogP contribution in [0.3, 0.4) is 0 Å². The van der Waals surface area contributed by atoms with Gasteiger partial charge in [0.15, 0.2) is 11.5 Å². The lowest BCUT2D eigenvalue weighted by atomic mass is 10.1. The largest absolute Gasteiger partial charge is 0.493 e. The minimum atomic E-state index is -4.47. The third-order valence-electron chi connectivity index (χ3n) is 4.05. The van der Waals surface area contributed by atoms with E-state index in [1.165, 1.54) is 37.3 Å². The number of ether oxygens (including phenoxy) is 2. The summed E-state index contributed by atoms with van der Waals surface area (Å²) < 4.78 is 50.0. The average Bonchev–Trinajstić information content (AvgIpc) is 2.66. The number of amides is 2. The number of alkyl halides is 3. The van der Waals surface area contributed by atoms with E-state index in [9.17, 15) is 18.0 Å². The van der Waals surface area contributed by atoms with Crippen LogP contribution in [0, 0.1) is 0 Å². The zero-order valence-corrected chi connectivity index (χ0v) is 16.0. The van der Waals surface area contributed by atoms with Gasteiger partial charge in [0.2, 0.25) is 0 Å². The van der Waals surface area contributed by atoms with Crippen LogP contribution in [0.4, 0.5) is 18.0 Å². The van der Waals surface area contributed by atoms with Gasteiger partial charge in [-0.15, -0.1) is 0 Å². The lowest BCUT2D eigenvalue weighted by molar-refractivity contribution is -0.138. The predicted molar refractivity (Wildman–Crippen MR) is 99.3 cm³/mol. The molecule has 1 N–H and O–H groups in total. The van der Waals surface area contributed by atoms with Crippen molar-refractivity contribution in [1.29, 1.82) is 0 Å². The van der Waals surface area contributed by atoms with Gasteiger partial charge >= 0.3 is 12.2 Å². The Hall–Kier alpha value is -2.90. The minimum absolute atomic E-state index is 0.0374. The molecule has 5 nitrogen and oxygen atoms in total. The SMILES string of the molecule is CCOc1ccc(CNC(=O)N(C)Cc2ccccc2C(F)(F)F)cc1OC. The van der Waals surface area contributed by atoms with Crippen LogP contribution in [-0.4, -0.2) is 31.7 Å². The predicted octanol–water partition coefficient (Wildman–Crippen LogP) is 4.45. The van der Waals surface area contributed by atoms with E-state index in [1.54, 1.807) is 18.2 Å². The van der Waals surface area contributed by atoms with Crippen molar-refractivity contribution >= 4 is 6.03 Å². The number of halogens is 3. The zero-order chi connectivity index (χ0) is 20.7. The van der Waals surface area contributed by atoms with Crippen molar-refractivity contribution in [2.24, 2.45) is 0 Å². The Balaban J connectivity index is 2.00. The molecule has 0 saturated heterocycles. The van der Waals surface area contributed by atoms with Crippen LogP contribution in [-0.2, 0) is 19.3 Å². The number of hydrogen-bond donors (Lipinski definition) is 1. The summed E-state index contributed by atoms with van der Waals surface area (Å²) in [4.78, 5) is 13.5. The summed E-state index contributed by atoms with van der Waals surface area (Å²) in [6.45, 7) is 2.40. The standard InChI is InChI=1S/C20H23F3N2O3/c1-4-28-17-10-9-14(11-18(17)27-3)12-24-19(26)25(2)13-15-7-5-6-8-16(15)20(21,22)23/h5-11H,4,12-13H2,1-3H3,(H,24,26). The molecule has 0 spiro atoms. The Labute approximate surface area is 162 Å². The lowest BCUT2D eigenvalue weighted by Gasteiger charge is -2.21. The van der Waals surface area contributed by atoms with Gasteiger partial charge in [-0.05, 0) is 36.2 Å². The average molecular weight is 396 g/mol. The summed E-state index contributed by atoms with van der Waals surface area (Å²) in [6.07, 6.45) is -4.47. The molecule has 2 aromatic rings. The molecule has 0 unspecified atom stereocenters. The van der Waals surface area contributed by atoms with Crippen LogP contribution in [0.1, 0.15) is 23.6 Å². The number of methoxy groups -OCH3 is 1. The number of hydrogen-bond acceptors (Lipinski definition) is 3. The molecular weight excluding hydrogens is 373 g/mol. The van der Waals surface area contributed by atoms with Gasteiger partial charge in [0, 0.05) is 20.1 Å². The highest BCUT2D eigenvalue weighted by atomic mass is 19.4. The fraction of sp³-hybridized carbons (Fsp3) is 0.350. The summed E-state index contributed by atoms with van der Waals surface area (Å²) in [5.41, 5.74) is 0.0685. The van der Waals surface area contributed by atoms with Crippen molar-refractivity contribution in [1.82, 2.24) is 10.2 Å². The molecule has 28 heavy (non-hydrogen) atoms. The second-order valence-corrected chi connectivity index (χ2v) is 6.09. The van der Waals surface area contributed by atoms with Crippen LogP contribution in [0.15, 0.2) is 42.5 Å². The normalized spacial score (nSPS) is 11.1. The van der Waals surface area contributed by atoms with E-state index >= 15 is 0 Å².